The van der Waals surface area contributed by atoms with E-state index in [1.807, 2.05) is 37.3 Å². The fraction of sp³-hybridized carbons (Fsp3) is 0.571. The van der Waals surface area contributed by atoms with Gasteiger partial charge in [0.25, 0.3) is 0 Å². The van der Waals surface area contributed by atoms with Crippen molar-refractivity contribution in [2.24, 2.45) is 5.73 Å². The van der Waals surface area contributed by atoms with Gasteiger partial charge in [-0.25, -0.2) is 8.42 Å². The maximum Gasteiger partial charge on any atom is 0.218 e. The minimum Gasteiger partial charge on any atom is -0.329 e. The van der Waals surface area contributed by atoms with E-state index in [1.54, 1.807) is 4.31 Å². The number of benzene rings is 1. The van der Waals surface area contributed by atoms with Crippen LogP contribution in [0, 0.1) is 0 Å². The molecule has 1 saturated heterocycles. The Labute approximate surface area is 115 Å². The highest BCUT2D eigenvalue weighted by Gasteiger charge is 2.38. The third-order valence-electron chi connectivity index (χ3n) is 3.85. The molecule has 2 rings (SSSR count). The van der Waals surface area contributed by atoms with E-state index in [0.29, 0.717) is 13.0 Å². The first-order chi connectivity index (χ1) is 9.11. The Balaban J connectivity index is 2.29. The molecular formula is C14H22N2O2S. The predicted octanol–water partition coefficient (Wildman–Crippen LogP) is 1.89. The Morgan fingerprint density at radius 1 is 1.37 bits per heavy atom. The molecule has 2 unspecified atom stereocenters. The van der Waals surface area contributed by atoms with Gasteiger partial charge < -0.3 is 5.73 Å². The molecule has 0 radical (unpaired) electrons. The van der Waals surface area contributed by atoms with E-state index in [1.165, 1.54) is 0 Å². The highest BCUT2D eigenvalue weighted by Crippen LogP contribution is 2.35. The van der Waals surface area contributed by atoms with E-state index >= 15 is 0 Å². The van der Waals surface area contributed by atoms with Crippen LogP contribution in [-0.4, -0.2) is 31.1 Å². The highest BCUT2D eigenvalue weighted by atomic mass is 32.2. The van der Waals surface area contributed by atoms with Crippen molar-refractivity contribution in [2.45, 2.75) is 37.5 Å². The van der Waals surface area contributed by atoms with E-state index < -0.39 is 15.3 Å². The van der Waals surface area contributed by atoms with Crippen molar-refractivity contribution < 1.29 is 8.42 Å². The Morgan fingerprint density at radius 3 is 2.63 bits per heavy atom. The average molecular weight is 282 g/mol. The van der Waals surface area contributed by atoms with Crippen LogP contribution in [0.2, 0.25) is 0 Å². The Morgan fingerprint density at radius 2 is 2.05 bits per heavy atom. The summed E-state index contributed by atoms with van der Waals surface area (Å²) in [5.74, 6) is 0. The maximum absolute atomic E-state index is 12.6. The van der Waals surface area contributed by atoms with E-state index in [9.17, 15) is 8.42 Å². The Bertz CT molecular complexity index is 497. The number of nitrogens with zero attached hydrogens (tertiary/aromatic N) is 1. The molecule has 0 saturated carbocycles. The quantitative estimate of drug-likeness (QED) is 0.897. The second kappa shape index (κ2) is 6.03. The molecular weight excluding hydrogens is 260 g/mol. The summed E-state index contributed by atoms with van der Waals surface area (Å²) < 4.78 is 26.9. The molecule has 4 nitrogen and oxygen atoms in total. The van der Waals surface area contributed by atoms with Gasteiger partial charge in [-0.3, -0.25) is 0 Å². The number of sulfonamides is 1. The van der Waals surface area contributed by atoms with Crippen LogP contribution in [-0.2, 0) is 10.0 Å². The normalized spacial score (nSPS) is 22.5. The van der Waals surface area contributed by atoms with Crippen molar-refractivity contribution in [1.29, 1.82) is 0 Å². The van der Waals surface area contributed by atoms with E-state index in [2.05, 4.69) is 0 Å². The molecule has 1 aliphatic heterocycles. The summed E-state index contributed by atoms with van der Waals surface area (Å²) in [7, 11) is -3.29. The molecule has 1 heterocycles. The van der Waals surface area contributed by atoms with E-state index in [0.717, 1.165) is 18.4 Å². The van der Waals surface area contributed by atoms with Crippen LogP contribution >= 0.6 is 0 Å². The van der Waals surface area contributed by atoms with Crippen molar-refractivity contribution in [1.82, 2.24) is 4.31 Å². The largest absolute Gasteiger partial charge is 0.329 e. The second-order valence-electron chi connectivity index (χ2n) is 4.99. The third-order valence-corrected chi connectivity index (χ3v) is 6.31. The molecule has 0 amide bonds. The zero-order chi connectivity index (χ0) is 13.9. The van der Waals surface area contributed by atoms with Crippen LogP contribution in [0.1, 0.15) is 37.8 Å². The molecule has 2 N–H and O–H groups in total. The van der Waals surface area contributed by atoms with Gasteiger partial charge in [-0.1, -0.05) is 37.3 Å². The molecule has 0 bridgehead atoms. The fourth-order valence-electron chi connectivity index (χ4n) is 2.74. The molecule has 1 aromatic rings. The SMILES string of the molecule is CCC(CN)S(=O)(=O)N1CCCC1c1ccccc1. The number of hydrogen-bond acceptors (Lipinski definition) is 3. The summed E-state index contributed by atoms with van der Waals surface area (Å²) in [5.41, 5.74) is 6.69. The lowest BCUT2D eigenvalue weighted by Crippen LogP contribution is -2.41. The van der Waals surface area contributed by atoms with Crippen LogP contribution in [0.25, 0.3) is 0 Å². The molecule has 106 valence electrons. The van der Waals surface area contributed by atoms with Gasteiger partial charge in [0.15, 0.2) is 0 Å². The lowest BCUT2D eigenvalue weighted by molar-refractivity contribution is 0.388. The van der Waals surface area contributed by atoms with Crippen molar-refractivity contribution >= 4 is 10.0 Å². The van der Waals surface area contributed by atoms with Gasteiger partial charge in [0.1, 0.15) is 0 Å². The zero-order valence-electron chi connectivity index (χ0n) is 11.3. The van der Waals surface area contributed by atoms with Crippen LogP contribution in [0.3, 0.4) is 0 Å². The summed E-state index contributed by atoms with van der Waals surface area (Å²) in [6.07, 6.45) is 2.38. The molecule has 1 aliphatic rings. The summed E-state index contributed by atoms with van der Waals surface area (Å²) >= 11 is 0. The summed E-state index contributed by atoms with van der Waals surface area (Å²) in [6, 6.07) is 9.85. The van der Waals surface area contributed by atoms with Crippen molar-refractivity contribution in [3.63, 3.8) is 0 Å². The van der Waals surface area contributed by atoms with Crippen LogP contribution < -0.4 is 5.73 Å². The van der Waals surface area contributed by atoms with Crippen LogP contribution in [0.4, 0.5) is 0 Å². The minimum atomic E-state index is -3.29. The van der Waals surface area contributed by atoms with Gasteiger partial charge >= 0.3 is 0 Å². The molecule has 0 spiro atoms. The molecule has 2 atom stereocenters. The predicted molar refractivity (Wildman–Crippen MR) is 77.2 cm³/mol. The lowest BCUT2D eigenvalue weighted by Gasteiger charge is -2.28. The fourth-order valence-corrected chi connectivity index (χ4v) is 4.76. The average Bonchev–Trinajstić information content (AvgIpc) is 2.91. The van der Waals surface area contributed by atoms with E-state index in [4.69, 9.17) is 5.73 Å². The van der Waals surface area contributed by atoms with Crippen molar-refractivity contribution in [3.8, 4) is 0 Å². The summed E-state index contributed by atoms with van der Waals surface area (Å²) in [4.78, 5) is 0. The second-order valence-corrected chi connectivity index (χ2v) is 7.16. The number of hydrogen-bond donors (Lipinski definition) is 1. The molecule has 0 aliphatic carbocycles. The van der Waals surface area contributed by atoms with Crippen molar-refractivity contribution in [3.05, 3.63) is 35.9 Å². The molecule has 1 aromatic carbocycles. The summed E-state index contributed by atoms with van der Waals surface area (Å²) in [5, 5.41) is -0.461. The van der Waals surface area contributed by atoms with E-state index in [-0.39, 0.29) is 12.6 Å². The van der Waals surface area contributed by atoms with Crippen LogP contribution in [0.15, 0.2) is 30.3 Å². The van der Waals surface area contributed by atoms with Gasteiger partial charge in [-0.15, -0.1) is 0 Å². The Hall–Kier alpha value is -0.910. The van der Waals surface area contributed by atoms with Crippen molar-refractivity contribution in [2.75, 3.05) is 13.1 Å². The molecule has 5 heteroatoms. The topological polar surface area (TPSA) is 63.4 Å². The first-order valence-electron chi connectivity index (χ1n) is 6.87. The standard InChI is InChI=1S/C14H22N2O2S/c1-2-13(11-15)19(17,18)16-10-6-9-14(16)12-7-4-3-5-8-12/h3-5,7-8,13-14H,2,6,9-11,15H2,1H3. The molecule has 19 heavy (non-hydrogen) atoms. The number of nitrogens with two attached hydrogens (primary N) is 1. The number of rotatable bonds is 5. The van der Waals surface area contributed by atoms with Gasteiger partial charge in [0, 0.05) is 19.1 Å². The van der Waals surface area contributed by atoms with Gasteiger partial charge in [0.2, 0.25) is 10.0 Å². The maximum atomic E-state index is 12.6. The van der Waals surface area contributed by atoms with Gasteiger partial charge in [-0.05, 0) is 24.8 Å². The smallest absolute Gasteiger partial charge is 0.218 e. The monoisotopic (exact) mass is 282 g/mol. The highest BCUT2D eigenvalue weighted by molar-refractivity contribution is 7.89. The summed E-state index contributed by atoms with van der Waals surface area (Å²) in [6.45, 7) is 2.68. The lowest BCUT2D eigenvalue weighted by atomic mass is 10.1. The first kappa shape index (κ1) is 14.5. The van der Waals surface area contributed by atoms with Gasteiger partial charge in [-0.2, -0.15) is 4.31 Å². The van der Waals surface area contributed by atoms with Gasteiger partial charge in [0.05, 0.1) is 5.25 Å². The third kappa shape index (κ3) is 2.83. The molecule has 1 fully saturated rings. The Kier molecular flexibility index (Phi) is 4.60. The first-order valence-corrected chi connectivity index (χ1v) is 8.37. The molecule has 0 aromatic heterocycles. The minimum absolute atomic E-state index is 0.0215. The van der Waals surface area contributed by atoms with Crippen LogP contribution in [0.5, 0.6) is 0 Å². The zero-order valence-corrected chi connectivity index (χ0v) is 12.1.